The van der Waals surface area contributed by atoms with Crippen LogP contribution in [-0.2, 0) is 11.0 Å². The number of nitrogens with one attached hydrogen (secondary N) is 1. The lowest BCUT2D eigenvalue weighted by atomic mass is 10.1. The second-order valence-electron chi connectivity index (χ2n) is 6.98. The molecule has 0 atom stereocenters. The fraction of sp³-hybridized carbons (Fsp3) is 0.333. The zero-order valence-electron chi connectivity index (χ0n) is 16.0. The van der Waals surface area contributed by atoms with E-state index in [-0.39, 0.29) is 17.4 Å². The zero-order chi connectivity index (χ0) is 21.7. The van der Waals surface area contributed by atoms with Gasteiger partial charge in [0.1, 0.15) is 6.07 Å². The highest BCUT2D eigenvalue weighted by atomic mass is 35.5. The molecule has 0 unspecified atom stereocenters. The lowest BCUT2D eigenvalue weighted by Gasteiger charge is -2.36. The third kappa shape index (κ3) is 5.65. The van der Waals surface area contributed by atoms with Crippen LogP contribution < -0.4 is 10.2 Å². The Hall–Kier alpha value is -2.76. The molecule has 9 heteroatoms. The van der Waals surface area contributed by atoms with Crippen molar-refractivity contribution in [2.24, 2.45) is 0 Å². The maximum absolute atomic E-state index is 12.9. The van der Waals surface area contributed by atoms with Crippen molar-refractivity contribution in [1.29, 1.82) is 5.26 Å². The van der Waals surface area contributed by atoms with Gasteiger partial charge in [0.25, 0.3) is 0 Å². The van der Waals surface area contributed by atoms with Crippen molar-refractivity contribution < 1.29 is 18.0 Å². The Morgan fingerprint density at radius 3 is 2.50 bits per heavy atom. The van der Waals surface area contributed by atoms with E-state index in [4.69, 9.17) is 16.9 Å². The molecule has 1 amide bonds. The molecule has 0 spiro atoms. The van der Waals surface area contributed by atoms with Crippen molar-refractivity contribution in [2.75, 3.05) is 42.9 Å². The summed E-state index contributed by atoms with van der Waals surface area (Å²) in [6.45, 7) is 3.05. The largest absolute Gasteiger partial charge is 0.416 e. The molecule has 3 rings (SSSR count). The van der Waals surface area contributed by atoms with Gasteiger partial charge in [0, 0.05) is 50.5 Å². The van der Waals surface area contributed by atoms with Crippen LogP contribution in [0.15, 0.2) is 42.5 Å². The van der Waals surface area contributed by atoms with Gasteiger partial charge < -0.3 is 10.2 Å². The number of rotatable bonds is 5. The Balaban J connectivity index is 1.46. The molecule has 1 saturated heterocycles. The van der Waals surface area contributed by atoms with Gasteiger partial charge in [0.05, 0.1) is 16.1 Å². The summed E-state index contributed by atoms with van der Waals surface area (Å²) >= 11 is 5.96. The first kappa shape index (κ1) is 21.9. The Labute approximate surface area is 177 Å². The molecule has 2 aromatic rings. The number of nitriles is 1. The van der Waals surface area contributed by atoms with Gasteiger partial charge >= 0.3 is 6.18 Å². The van der Waals surface area contributed by atoms with Gasteiger partial charge in [-0.25, -0.2) is 0 Å². The number of hydrogen-bond donors (Lipinski definition) is 1. The van der Waals surface area contributed by atoms with Gasteiger partial charge in [-0.3, -0.25) is 9.69 Å². The molecule has 1 aliphatic heterocycles. The van der Waals surface area contributed by atoms with E-state index < -0.39 is 11.7 Å². The summed E-state index contributed by atoms with van der Waals surface area (Å²) in [5.41, 5.74) is 0.772. The fourth-order valence-electron chi connectivity index (χ4n) is 3.28. The van der Waals surface area contributed by atoms with E-state index in [0.29, 0.717) is 49.7 Å². The first-order chi connectivity index (χ1) is 14.3. The molecule has 0 bridgehead atoms. The van der Waals surface area contributed by atoms with E-state index >= 15 is 0 Å². The van der Waals surface area contributed by atoms with Gasteiger partial charge in [-0.2, -0.15) is 18.4 Å². The molecule has 5 nitrogen and oxygen atoms in total. The van der Waals surface area contributed by atoms with Crippen LogP contribution in [0.2, 0.25) is 5.02 Å². The van der Waals surface area contributed by atoms with E-state index in [1.807, 2.05) is 11.0 Å². The summed E-state index contributed by atoms with van der Waals surface area (Å²) < 4.78 is 38.7. The number of carbonyl (C=O) groups excluding carboxylic acids is 1. The first-order valence-electron chi connectivity index (χ1n) is 9.40. The van der Waals surface area contributed by atoms with Gasteiger partial charge in [0.15, 0.2) is 0 Å². The average molecular weight is 437 g/mol. The zero-order valence-corrected chi connectivity index (χ0v) is 16.8. The fourth-order valence-corrected chi connectivity index (χ4v) is 3.50. The van der Waals surface area contributed by atoms with Crippen molar-refractivity contribution in [3.8, 4) is 6.07 Å². The summed E-state index contributed by atoms with van der Waals surface area (Å²) in [4.78, 5) is 16.2. The van der Waals surface area contributed by atoms with Crippen LogP contribution in [0.4, 0.5) is 24.5 Å². The van der Waals surface area contributed by atoms with Crippen molar-refractivity contribution >= 4 is 28.9 Å². The molecule has 158 valence electrons. The van der Waals surface area contributed by atoms with Gasteiger partial charge in [-0.1, -0.05) is 17.7 Å². The van der Waals surface area contributed by atoms with Crippen LogP contribution in [0.3, 0.4) is 0 Å². The Morgan fingerprint density at radius 1 is 1.13 bits per heavy atom. The Kier molecular flexibility index (Phi) is 6.85. The molecule has 30 heavy (non-hydrogen) atoms. The molecular formula is C21H20ClF3N4O. The van der Waals surface area contributed by atoms with Gasteiger partial charge in [-0.05, 0) is 36.4 Å². The van der Waals surface area contributed by atoms with Crippen LogP contribution in [0.5, 0.6) is 0 Å². The third-order valence-corrected chi connectivity index (χ3v) is 5.25. The molecule has 0 aliphatic carbocycles. The summed E-state index contributed by atoms with van der Waals surface area (Å²) in [6, 6.07) is 12.0. The van der Waals surface area contributed by atoms with E-state index in [1.54, 1.807) is 18.2 Å². The maximum atomic E-state index is 12.9. The highest BCUT2D eigenvalue weighted by Gasteiger charge is 2.31. The lowest BCUT2D eigenvalue weighted by molar-refractivity contribution is -0.137. The SMILES string of the molecule is N#Cc1ccc(NC(=O)CCN2CCN(c3cccc(C(F)(F)F)c3)CC2)cc1Cl. The van der Waals surface area contributed by atoms with Crippen molar-refractivity contribution in [3.63, 3.8) is 0 Å². The van der Waals surface area contributed by atoms with Gasteiger partial charge in [-0.15, -0.1) is 0 Å². The molecule has 0 saturated carbocycles. The van der Waals surface area contributed by atoms with E-state index in [0.717, 1.165) is 6.07 Å². The number of carbonyl (C=O) groups is 1. The predicted octanol–water partition coefficient (Wildman–Crippen LogP) is 4.38. The number of amides is 1. The highest BCUT2D eigenvalue weighted by molar-refractivity contribution is 6.32. The third-order valence-electron chi connectivity index (χ3n) is 4.94. The van der Waals surface area contributed by atoms with Crippen molar-refractivity contribution in [3.05, 3.63) is 58.6 Å². The Morgan fingerprint density at radius 2 is 1.87 bits per heavy atom. The Bertz CT molecular complexity index is 950. The summed E-state index contributed by atoms with van der Waals surface area (Å²) in [6.07, 6.45) is -4.08. The average Bonchev–Trinajstić information content (AvgIpc) is 2.72. The second-order valence-corrected chi connectivity index (χ2v) is 7.39. The van der Waals surface area contributed by atoms with E-state index in [1.165, 1.54) is 18.2 Å². The highest BCUT2D eigenvalue weighted by Crippen LogP contribution is 2.31. The van der Waals surface area contributed by atoms with E-state index in [9.17, 15) is 18.0 Å². The molecular weight excluding hydrogens is 417 g/mol. The minimum atomic E-state index is -4.36. The van der Waals surface area contributed by atoms with Gasteiger partial charge in [0.2, 0.25) is 5.91 Å². The number of anilines is 2. The number of halogens is 4. The van der Waals surface area contributed by atoms with Crippen molar-refractivity contribution in [1.82, 2.24) is 4.90 Å². The number of alkyl halides is 3. The minimum Gasteiger partial charge on any atom is -0.369 e. The standard InChI is InChI=1S/C21H20ClF3N4O/c22-19-13-17(5-4-15(19)14-26)27-20(30)6-7-28-8-10-29(11-9-28)18-3-1-2-16(12-18)21(23,24)25/h1-5,12-13H,6-11H2,(H,27,30). The number of piperazine rings is 1. The number of hydrogen-bond acceptors (Lipinski definition) is 4. The second kappa shape index (κ2) is 9.37. The number of benzene rings is 2. The quantitative estimate of drug-likeness (QED) is 0.755. The lowest BCUT2D eigenvalue weighted by Crippen LogP contribution is -2.47. The van der Waals surface area contributed by atoms with Crippen molar-refractivity contribution in [2.45, 2.75) is 12.6 Å². The van der Waals surface area contributed by atoms with Crippen LogP contribution >= 0.6 is 11.6 Å². The molecule has 1 heterocycles. The van der Waals surface area contributed by atoms with Crippen LogP contribution in [0.25, 0.3) is 0 Å². The predicted molar refractivity (Wildman–Crippen MR) is 110 cm³/mol. The molecule has 1 aliphatic rings. The molecule has 0 radical (unpaired) electrons. The molecule has 2 aromatic carbocycles. The molecule has 1 fully saturated rings. The van der Waals surface area contributed by atoms with Crippen LogP contribution in [0, 0.1) is 11.3 Å². The summed E-state index contributed by atoms with van der Waals surface area (Å²) in [5, 5.41) is 11.9. The maximum Gasteiger partial charge on any atom is 0.416 e. The molecule has 0 aromatic heterocycles. The van der Waals surface area contributed by atoms with E-state index in [2.05, 4.69) is 10.2 Å². The smallest absolute Gasteiger partial charge is 0.369 e. The van der Waals surface area contributed by atoms with Crippen LogP contribution in [0.1, 0.15) is 17.5 Å². The number of nitrogens with zero attached hydrogens (tertiary/aromatic N) is 3. The summed E-state index contributed by atoms with van der Waals surface area (Å²) in [5.74, 6) is -0.170. The van der Waals surface area contributed by atoms with Crippen LogP contribution in [-0.4, -0.2) is 43.5 Å². The topological polar surface area (TPSA) is 59.4 Å². The first-order valence-corrected chi connectivity index (χ1v) is 9.78. The summed E-state index contributed by atoms with van der Waals surface area (Å²) in [7, 11) is 0. The monoisotopic (exact) mass is 436 g/mol. The normalized spacial score (nSPS) is 15.0. The minimum absolute atomic E-state index is 0.170. The molecule has 1 N–H and O–H groups in total.